The maximum atomic E-state index is 13.4. The van der Waals surface area contributed by atoms with Gasteiger partial charge in [0.25, 0.3) is 5.91 Å². The third-order valence-corrected chi connectivity index (χ3v) is 12.9. The van der Waals surface area contributed by atoms with E-state index in [1.165, 1.54) is 11.1 Å². The predicted octanol–water partition coefficient (Wildman–Crippen LogP) is 5.51. The van der Waals surface area contributed by atoms with Gasteiger partial charge in [-0.3, -0.25) is 4.79 Å². The van der Waals surface area contributed by atoms with Crippen molar-refractivity contribution in [3.63, 3.8) is 0 Å². The second-order valence-corrected chi connectivity index (χ2v) is 16.3. The maximum absolute atomic E-state index is 13.4. The molecule has 2 bridgehead atoms. The molecule has 3 atom stereocenters. The smallest absolute Gasteiger partial charge is 0.264 e. The average molecular weight is 645 g/mol. The van der Waals surface area contributed by atoms with Crippen LogP contribution in [0.4, 0.5) is 5.69 Å². The van der Waals surface area contributed by atoms with Gasteiger partial charge in [-0.05, 0) is 105 Å². The Hall–Kier alpha value is -2.33. The Labute approximate surface area is 266 Å². The van der Waals surface area contributed by atoms with Crippen LogP contribution in [0.1, 0.15) is 99.0 Å². The van der Waals surface area contributed by atoms with E-state index >= 15 is 0 Å². The lowest BCUT2D eigenvalue weighted by Gasteiger charge is -2.50. The molecular weight excluding hydrogens is 600 g/mol. The van der Waals surface area contributed by atoms with Crippen molar-refractivity contribution in [3.05, 3.63) is 58.1 Å². The number of nitrogens with one attached hydrogen (secondary N) is 1. The van der Waals surface area contributed by atoms with Crippen LogP contribution in [0.5, 0.6) is 5.75 Å². The van der Waals surface area contributed by atoms with E-state index in [0.29, 0.717) is 64.0 Å². The summed E-state index contributed by atoms with van der Waals surface area (Å²) < 4.78 is 35.5. The van der Waals surface area contributed by atoms with E-state index in [1.807, 2.05) is 13.0 Å². The molecule has 2 spiro atoms. The number of ether oxygens (including phenoxy) is 1. The lowest BCUT2D eigenvalue weighted by Crippen LogP contribution is -2.52. The van der Waals surface area contributed by atoms with Crippen LogP contribution >= 0.6 is 11.6 Å². The number of hydrogen-bond donors (Lipinski definition) is 3. The highest BCUT2D eigenvalue weighted by Gasteiger charge is 2.48. The molecule has 1 amide bonds. The standard InChI is InChI=1S/C34H45ClN2O6S/c1-2-27-8-3-4-16-34(40,22-38)19-32(13-6-14-32)20-37-21-33(15-5-7-24-17-26(35)10-11-28(24)33)23-43-30-12-9-25(18-29(30)37)31(39)36-44(27,41)42/h9-12,17-18,27,38,40H,2-8,13-16,19-23H2,1H3,(H,36,39)/t27-,33+,34-/m1/s1. The summed E-state index contributed by atoms with van der Waals surface area (Å²) in [7, 11) is -3.91. The molecule has 0 unspecified atom stereocenters. The zero-order chi connectivity index (χ0) is 31.2. The van der Waals surface area contributed by atoms with Crippen molar-refractivity contribution in [2.45, 2.75) is 100 Å². The van der Waals surface area contributed by atoms with Crippen molar-refractivity contribution in [1.82, 2.24) is 4.72 Å². The molecule has 0 radical (unpaired) electrons. The van der Waals surface area contributed by atoms with Crippen LogP contribution in [0.2, 0.25) is 5.02 Å². The number of sulfonamides is 1. The quantitative estimate of drug-likeness (QED) is 0.395. The van der Waals surface area contributed by atoms with E-state index in [9.17, 15) is 23.4 Å². The van der Waals surface area contributed by atoms with E-state index in [0.717, 1.165) is 49.2 Å². The van der Waals surface area contributed by atoms with Gasteiger partial charge in [0.1, 0.15) is 5.75 Å². The summed E-state index contributed by atoms with van der Waals surface area (Å²) in [5.41, 5.74) is 1.73. The summed E-state index contributed by atoms with van der Waals surface area (Å²) in [5, 5.41) is 22.1. The zero-order valence-electron chi connectivity index (χ0n) is 25.6. The van der Waals surface area contributed by atoms with Crippen molar-refractivity contribution >= 4 is 33.2 Å². The molecule has 240 valence electrons. The third kappa shape index (κ3) is 6.09. The summed E-state index contributed by atoms with van der Waals surface area (Å²) >= 11 is 6.41. The molecule has 2 aromatic rings. The Morgan fingerprint density at radius 3 is 2.59 bits per heavy atom. The Bertz CT molecular complexity index is 1510. The summed E-state index contributed by atoms with van der Waals surface area (Å²) in [5.74, 6) is 0.0183. The van der Waals surface area contributed by atoms with E-state index in [1.54, 1.807) is 18.2 Å². The van der Waals surface area contributed by atoms with Gasteiger partial charge in [0.2, 0.25) is 10.0 Å². The molecule has 1 saturated carbocycles. The molecule has 0 aromatic heterocycles. The van der Waals surface area contributed by atoms with Gasteiger partial charge < -0.3 is 19.8 Å². The van der Waals surface area contributed by atoms with E-state index in [2.05, 4.69) is 21.8 Å². The normalized spacial score (nSPS) is 30.0. The van der Waals surface area contributed by atoms with Gasteiger partial charge in [0.05, 0.1) is 29.8 Å². The molecule has 3 N–H and O–H groups in total. The number of nitrogens with zero attached hydrogens (tertiary/aromatic N) is 1. The van der Waals surface area contributed by atoms with E-state index in [4.69, 9.17) is 16.3 Å². The van der Waals surface area contributed by atoms with Gasteiger partial charge in [-0.15, -0.1) is 0 Å². The van der Waals surface area contributed by atoms with Gasteiger partial charge in [-0.2, -0.15) is 0 Å². The molecule has 2 aromatic carbocycles. The molecule has 0 saturated heterocycles. The number of anilines is 1. The van der Waals surface area contributed by atoms with Gasteiger partial charge in [0.15, 0.2) is 0 Å². The SMILES string of the molecule is CC[C@@H]1CCCC[C@](O)(CO)CC2(CCC2)CN2C[C@@]3(CCCc4cc(Cl)ccc43)COc3ccc(cc32)C(=O)NS1(=O)=O. The van der Waals surface area contributed by atoms with Gasteiger partial charge >= 0.3 is 0 Å². The fraction of sp³-hybridized carbons (Fsp3) is 0.618. The van der Waals surface area contributed by atoms with Crippen molar-refractivity contribution in [2.24, 2.45) is 5.41 Å². The van der Waals surface area contributed by atoms with Gasteiger partial charge in [0, 0.05) is 29.1 Å². The largest absolute Gasteiger partial charge is 0.490 e. The summed E-state index contributed by atoms with van der Waals surface area (Å²) in [6.45, 7) is 3.23. The minimum absolute atomic E-state index is 0.206. The molecule has 6 rings (SSSR count). The van der Waals surface area contributed by atoms with Crippen molar-refractivity contribution in [1.29, 1.82) is 0 Å². The minimum atomic E-state index is -3.91. The lowest BCUT2D eigenvalue weighted by molar-refractivity contribution is -0.0757. The van der Waals surface area contributed by atoms with Crippen LogP contribution in [-0.2, 0) is 21.9 Å². The van der Waals surface area contributed by atoms with Crippen LogP contribution < -0.4 is 14.4 Å². The molecule has 8 nitrogen and oxygen atoms in total. The van der Waals surface area contributed by atoms with Gasteiger partial charge in [-0.1, -0.05) is 43.9 Å². The molecule has 1 fully saturated rings. The number of aliphatic hydroxyl groups is 2. The van der Waals surface area contributed by atoms with E-state index in [-0.39, 0.29) is 23.0 Å². The van der Waals surface area contributed by atoms with Crippen molar-refractivity contribution in [2.75, 3.05) is 31.2 Å². The summed E-state index contributed by atoms with van der Waals surface area (Å²) in [6.07, 6.45) is 8.63. The number of rotatable bonds is 2. The average Bonchev–Trinajstić information content (AvgIpc) is 3.12. The fourth-order valence-electron chi connectivity index (χ4n) is 8.30. The Morgan fingerprint density at radius 1 is 1.05 bits per heavy atom. The first kappa shape index (κ1) is 31.6. The second kappa shape index (κ2) is 12.1. The van der Waals surface area contributed by atoms with Crippen LogP contribution in [0.15, 0.2) is 36.4 Å². The Balaban J connectivity index is 1.45. The number of fused-ring (bicyclic) bond motifs is 3. The van der Waals surface area contributed by atoms with Crippen LogP contribution in [0.3, 0.4) is 0 Å². The number of amides is 1. The highest BCUT2D eigenvalue weighted by molar-refractivity contribution is 7.90. The number of carbonyl (C=O) groups is 1. The number of aryl methyl sites for hydroxylation is 1. The minimum Gasteiger partial charge on any atom is -0.490 e. The van der Waals surface area contributed by atoms with Crippen LogP contribution in [-0.4, -0.2) is 61.7 Å². The number of halogens is 1. The fourth-order valence-corrected chi connectivity index (χ4v) is 9.96. The second-order valence-electron chi connectivity index (χ2n) is 13.9. The maximum Gasteiger partial charge on any atom is 0.264 e. The molecule has 10 heteroatoms. The number of aliphatic hydroxyl groups excluding tert-OH is 1. The topological polar surface area (TPSA) is 116 Å². The Kier molecular flexibility index (Phi) is 8.72. The number of benzene rings is 2. The molecular formula is C34H45ClN2O6S. The first-order valence-corrected chi connectivity index (χ1v) is 18.1. The predicted molar refractivity (Wildman–Crippen MR) is 172 cm³/mol. The van der Waals surface area contributed by atoms with Gasteiger partial charge in [-0.25, -0.2) is 13.1 Å². The zero-order valence-corrected chi connectivity index (χ0v) is 27.2. The summed E-state index contributed by atoms with van der Waals surface area (Å²) in [4.78, 5) is 15.8. The third-order valence-electron chi connectivity index (χ3n) is 10.8. The van der Waals surface area contributed by atoms with Crippen molar-refractivity contribution < 1.29 is 28.2 Å². The lowest BCUT2D eigenvalue weighted by atomic mass is 9.62. The monoisotopic (exact) mass is 644 g/mol. The van der Waals surface area contributed by atoms with Crippen molar-refractivity contribution in [3.8, 4) is 5.75 Å². The molecule has 4 aliphatic rings. The van der Waals surface area contributed by atoms with Crippen LogP contribution in [0, 0.1) is 5.41 Å². The highest BCUT2D eigenvalue weighted by Crippen LogP contribution is 2.51. The summed E-state index contributed by atoms with van der Waals surface area (Å²) in [6, 6.07) is 11.3. The molecule has 2 aliphatic carbocycles. The molecule has 2 heterocycles. The Morgan fingerprint density at radius 2 is 1.86 bits per heavy atom. The number of hydrogen-bond acceptors (Lipinski definition) is 7. The molecule has 44 heavy (non-hydrogen) atoms. The first-order chi connectivity index (χ1) is 21.0. The first-order valence-electron chi connectivity index (χ1n) is 16.2. The van der Waals surface area contributed by atoms with E-state index < -0.39 is 26.8 Å². The molecule has 2 aliphatic heterocycles. The van der Waals surface area contributed by atoms with Crippen LogP contribution in [0.25, 0.3) is 0 Å². The highest BCUT2D eigenvalue weighted by atomic mass is 35.5. The number of carbonyl (C=O) groups excluding carboxylic acids is 1.